The predicted octanol–water partition coefficient (Wildman–Crippen LogP) is 3.55. The molecule has 0 spiro atoms. The van der Waals surface area contributed by atoms with Gasteiger partial charge in [0.2, 0.25) is 11.8 Å². The van der Waals surface area contributed by atoms with Crippen molar-refractivity contribution >= 4 is 33.4 Å². The minimum absolute atomic E-state index is 0.0374. The largest absolute Gasteiger partial charge is 0.274 e. The summed E-state index contributed by atoms with van der Waals surface area (Å²) in [5.41, 5.74) is 1.85. The third-order valence-electron chi connectivity index (χ3n) is 5.59. The number of carbonyl (C=O) groups excluding carboxylic acids is 2. The summed E-state index contributed by atoms with van der Waals surface area (Å²) < 4.78 is 0.988. The molecule has 1 aromatic rings. The number of imide groups is 1. The zero-order chi connectivity index (χ0) is 14.7. The van der Waals surface area contributed by atoms with Crippen molar-refractivity contribution in [1.29, 1.82) is 0 Å². The molecule has 2 saturated carbocycles. The third kappa shape index (κ3) is 1.78. The molecule has 0 radical (unpaired) electrons. The number of hydrogen-bond donors (Lipinski definition) is 0. The predicted molar refractivity (Wildman–Crippen MR) is 83.8 cm³/mol. The number of hydrogen-bond acceptors (Lipinski definition) is 2. The Hall–Kier alpha value is -1.16. The highest BCUT2D eigenvalue weighted by Gasteiger charge is 2.61. The Kier molecular flexibility index (Phi) is 3.00. The molecule has 3 fully saturated rings. The van der Waals surface area contributed by atoms with E-state index in [0.717, 1.165) is 41.4 Å². The smallest absolute Gasteiger partial charge is 0.237 e. The van der Waals surface area contributed by atoms with Crippen LogP contribution in [0.5, 0.6) is 0 Å². The lowest BCUT2D eigenvalue weighted by atomic mass is 9.81. The fourth-order valence-corrected chi connectivity index (χ4v) is 5.11. The van der Waals surface area contributed by atoms with E-state index in [0.29, 0.717) is 11.8 Å². The van der Waals surface area contributed by atoms with Gasteiger partial charge < -0.3 is 0 Å². The van der Waals surface area contributed by atoms with E-state index in [1.165, 1.54) is 4.90 Å². The van der Waals surface area contributed by atoms with Gasteiger partial charge >= 0.3 is 0 Å². The van der Waals surface area contributed by atoms with Gasteiger partial charge in [0.05, 0.1) is 17.5 Å². The average Bonchev–Trinajstić information content (AvgIpc) is 3.14. The normalized spacial score (nSPS) is 33.9. The Morgan fingerprint density at radius 3 is 2.33 bits per heavy atom. The van der Waals surface area contributed by atoms with Gasteiger partial charge in [-0.1, -0.05) is 22.9 Å². The molecule has 1 saturated heterocycles. The number of fused-ring (bicyclic) bond motifs is 5. The highest BCUT2D eigenvalue weighted by Crippen LogP contribution is 2.56. The van der Waals surface area contributed by atoms with Crippen molar-refractivity contribution in [2.45, 2.75) is 32.6 Å². The molecule has 2 amide bonds. The van der Waals surface area contributed by atoms with Crippen molar-refractivity contribution in [3.05, 3.63) is 28.2 Å². The number of halogens is 1. The van der Waals surface area contributed by atoms with E-state index in [9.17, 15) is 9.59 Å². The molecule has 4 rings (SSSR count). The van der Waals surface area contributed by atoms with E-state index in [1.807, 2.05) is 18.2 Å². The summed E-state index contributed by atoms with van der Waals surface area (Å²) in [7, 11) is 0. The Labute approximate surface area is 132 Å². The number of benzene rings is 1. The van der Waals surface area contributed by atoms with Crippen molar-refractivity contribution in [3.8, 4) is 0 Å². The van der Waals surface area contributed by atoms with Crippen LogP contribution >= 0.6 is 15.9 Å². The molecular formula is C17H18BrNO2. The molecule has 4 heteroatoms. The Morgan fingerprint density at radius 2 is 1.76 bits per heavy atom. The highest BCUT2D eigenvalue weighted by molar-refractivity contribution is 9.10. The van der Waals surface area contributed by atoms with E-state index < -0.39 is 0 Å². The molecule has 1 aliphatic heterocycles. The lowest BCUT2D eigenvalue weighted by molar-refractivity contribution is -0.123. The van der Waals surface area contributed by atoms with Gasteiger partial charge in [0.1, 0.15) is 0 Å². The summed E-state index contributed by atoms with van der Waals surface area (Å²) in [5, 5.41) is 0. The lowest BCUT2D eigenvalue weighted by Gasteiger charge is -2.20. The standard InChI is InChI=1S/C17H18BrNO2/c1-2-9-8-12(18)5-6-13(9)19-16(20)14-10-3-4-11(7-10)15(14)17(19)21/h5-6,8,10-11,14-15H,2-4,7H2,1H3/t10-,11-,14-,15+/m1/s1. The van der Waals surface area contributed by atoms with Crippen molar-refractivity contribution in [2.75, 3.05) is 4.90 Å². The maximum absolute atomic E-state index is 12.8. The van der Waals surface area contributed by atoms with Crippen molar-refractivity contribution < 1.29 is 9.59 Å². The van der Waals surface area contributed by atoms with E-state index >= 15 is 0 Å². The minimum Gasteiger partial charge on any atom is -0.274 e. The minimum atomic E-state index is -0.0374. The lowest BCUT2D eigenvalue weighted by Crippen LogP contribution is -2.33. The van der Waals surface area contributed by atoms with Crippen LogP contribution in [0.2, 0.25) is 0 Å². The summed E-state index contributed by atoms with van der Waals surface area (Å²) >= 11 is 3.47. The van der Waals surface area contributed by atoms with Crippen LogP contribution in [-0.4, -0.2) is 11.8 Å². The van der Waals surface area contributed by atoms with Crippen molar-refractivity contribution in [3.63, 3.8) is 0 Å². The van der Waals surface area contributed by atoms with Crippen LogP contribution in [0, 0.1) is 23.7 Å². The number of rotatable bonds is 2. The van der Waals surface area contributed by atoms with Gasteiger partial charge in [-0.15, -0.1) is 0 Å². The fourth-order valence-electron chi connectivity index (χ4n) is 4.70. The van der Waals surface area contributed by atoms with Crippen molar-refractivity contribution in [2.24, 2.45) is 23.7 Å². The first kappa shape index (κ1) is 13.5. The molecule has 1 aromatic carbocycles. The molecule has 0 unspecified atom stereocenters. The summed E-state index contributed by atoms with van der Waals surface area (Å²) in [6.07, 6.45) is 4.15. The molecule has 1 heterocycles. The fraction of sp³-hybridized carbons (Fsp3) is 0.529. The molecule has 3 nitrogen and oxygen atoms in total. The first-order chi connectivity index (χ1) is 10.1. The van der Waals surface area contributed by atoms with Gasteiger partial charge in [0, 0.05) is 4.47 Å². The van der Waals surface area contributed by atoms with Gasteiger partial charge in [-0.05, 0) is 61.3 Å². The maximum atomic E-state index is 12.8. The van der Waals surface area contributed by atoms with Gasteiger partial charge in [-0.25, -0.2) is 4.90 Å². The van der Waals surface area contributed by atoms with Crippen molar-refractivity contribution in [1.82, 2.24) is 0 Å². The monoisotopic (exact) mass is 347 g/mol. The summed E-state index contributed by atoms with van der Waals surface area (Å²) in [5.74, 6) is 0.918. The Balaban J connectivity index is 1.77. The van der Waals surface area contributed by atoms with Gasteiger partial charge in [-0.3, -0.25) is 9.59 Å². The second kappa shape index (κ2) is 4.67. The molecule has 110 valence electrons. The van der Waals surface area contributed by atoms with Gasteiger partial charge in [0.25, 0.3) is 0 Å². The topological polar surface area (TPSA) is 37.4 Å². The zero-order valence-corrected chi connectivity index (χ0v) is 13.6. The van der Waals surface area contributed by atoms with Crippen LogP contribution in [0.25, 0.3) is 0 Å². The molecule has 4 atom stereocenters. The SMILES string of the molecule is CCc1cc(Br)ccc1N1C(=O)[C@@H]2[C@@H]3CC[C@H](C3)[C@@H]2C1=O. The molecule has 2 bridgehead atoms. The van der Waals surface area contributed by atoms with Crippen LogP contribution in [0.3, 0.4) is 0 Å². The van der Waals surface area contributed by atoms with E-state index in [-0.39, 0.29) is 23.7 Å². The van der Waals surface area contributed by atoms with Gasteiger partial charge in [-0.2, -0.15) is 0 Å². The van der Waals surface area contributed by atoms with Crippen LogP contribution < -0.4 is 4.90 Å². The van der Waals surface area contributed by atoms with Crippen LogP contribution in [0.15, 0.2) is 22.7 Å². The second-order valence-electron chi connectivity index (χ2n) is 6.52. The van der Waals surface area contributed by atoms with E-state index in [2.05, 4.69) is 22.9 Å². The summed E-state index contributed by atoms with van der Waals surface area (Å²) in [4.78, 5) is 27.2. The van der Waals surface area contributed by atoms with Gasteiger partial charge in [0.15, 0.2) is 0 Å². The number of anilines is 1. The number of nitrogens with zero attached hydrogens (tertiary/aromatic N) is 1. The Morgan fingerprint density at radius 1 is 1.14 bits per heavy atom. The molecule has 0 aromatic heterocycles. The van der Waals surface area contributed by atoms with Crippen LogP contribution in [-0.2, 0) is 16.0 Å². The highest BCUT2D eigenvalue weighted by atomic mass is 79.9. The molecule has 0 N–H and O–H groups in total. The third-order valence-corrected chi connectivity index (χ3v) is 6.08. The van der Waals surface area contributed by atoms with Crippen LogP contribution in [0.1, 0.15) is 31.7 Å². The Bertz CT molecular complexity index is 614. The first-order valence-electron chi connectivity index (χ1n) is 7.78. The molecule has 21 heavy (non-hydrogen) atoms. The summed E-state index contributed by atoms with van der Waals surface area (Å²) in [6.45, 7) is 2.06. The van der Waals surface area contributed by atoms with E-state index in [4.69, 9.17) is 0 Å². The zero-order valence-electron chi connectivity index (χ0n) is 12.0. The number of amides is 2. The second-order valence-corrected chi connectivity index (χ2v) is 7.44. The quantitative estimate of drug-likeness (QED) is 0.767. The van der Waals surface area contributed by atoms with E-state index in [1.54, 1.807) is 0 Å². The molecule has 3 aliphatic rings. The number of carbonyl (C=O) groups is 2. The maximum Gasteiger partial charge on any atom is 0.237 e. The first-order valence-corrected chi connectivity index (χ1v) is 8.57. The summed E-state index contributed by atoms with van der Waals surface area (Å²) in [6, 6.07) is 5.83. The number of aryl methyl sites for hydroxylation is 1. The molecule has 2 aliphatic carbocycles. The average molecular weight is 348 g/mol. The van der Waals surface area contributed by atoms with Crippen LogP contribution in [0.4, 0.5) is 5.69 Å². The molecular weight excluding hydrogens is 330 g/mol.